The predicted molar refractivity (Wildman–Crippen MR) is 76.2 cm³/mol. The number of benzene rings is 1. The molecular formula is C15H19FN2O3. The molecule has 0 bridgehead atoms. The van der Waals surface area contributed by atoms with Crippen LogP contribution in [0.4, 0.5) is 4.39 Å². The molecule has 0 fully saturated rings. The Labute approximate surface area is 122 Å². The molecule has 1 atom stereocenters. The molecule has 21 heavy (non-hydrogen) atoms. The first-order valence-corrected chi connectivity index (χ1v) is 6.62. The van der Waals surface area contributed by atoms with Gasteiger partial charge in [0.05, 0.1) is 20.4 Å². The van der Waals surface area contributed by atoms with Gasteiger partial charge >= 0.3 is 0 Å². The molecular weight excluding hydrogens is 275 g/mol. The number of hydrogen-bond acceptors (Lipinski definition) is 4. The van der Waals surface area contributed by atoms with Crippen molar-refractivity contribution in [2.75, 3.05) is 14.2 Å². The molecule has 0 amide bonds. The lowest BCUT2D eigenvalue weighted by Gasteiger charge is -2.18. The monoisotopic (exact) mass is 294 g/mol. The maximum atomic E-state index is 13.8. The van der Waals surface area contributed by atoms with E-state index in [0.29, 0.717) is 17.0 Å². The minimum Gasteiger partial charge on any atom is -0.494 e. The Kier molecular flexibility index (Phi) is 4.47. The van der Waals surface area contributed by atoms with E-state index in [4.69, 9.17) is 9.47 Å². The largest absolute Gasteiger partial charge is 0.494 e. The molecule has 1 aromatic heterocycles. The molecule has 1 aromatic carbocycles. The Morgan fingerprint density at radius 3 is 2.38 bits per heavy atom. The molecule has 0 radical (unpaired) electrons. The van der Waals surface area contributed by atoms with Crippen molar-refractivity contribution < 1.29 is 19.0 Å². The third-order valence-electron chi connectivity index (χ3n) is 3.26. The summed E-state index contributed by atoms with van der Waals surface area (Å²) in [6.07, 6.45) is 0.503. The van der Waals surface area contributed by atoms with Gasteiger partial charge in [-0.1, -0.05) is 6.07 Å². The average Bonchev–Trinajstić information content (AvgIpc) is 2.90. The van der Waals surface area contributed by atoms with Gasteiger partial charge in [0, 0.05) is 6.04 Å². The number of nitrogens with zero attached hydrogens (tertiary/aromatic N) is 2. The van der Waals surface area contributed by atoms with Gasteiger partial charge in [0.15, 0.2) is 17.3 Å². The Bertz CT molecular complexity index is 625. The van der Waals surface area contributed by atoms with Crippen molar-refractivity contribution in [3.63, 3.8) is 0 Å². The highest BCUT2D eigenvalue weighted by Gasteiger charge is 2.23. The van der Waals surface area contributed by atoms with E-state index in [2.05, 4.69) is 5.10 Å². The average molecular weight is 294 g/mol. The van der Waals surface area contributed by atoms with Crippen molar-refractivity contribution >= 4 is 0 Å². The van der Waals surface area contributed by atoms with Crippen molar-refractivity contribution in [3.8, 4) is 11.5 Å². The van der Waals surface area contributed by atoms with Crippen LogP contribution in [0.25, 0.3) is 0 Å². The van der Waals surface area contributed by atoms with E-state index < -0.39 is 11.9 Å². The van der Waals surface area contributed by atoms with Crippen LogP contribution in [0.2, 0.25) is 0 Å². The molecule has 0 aliphatic heterocycles. The number of aliphatic hydroxyl groups is 1. The van der Waals surface area contributed by atoms with E-state index in [0.717, 1.165) is 0 Å². The van der Waals surface area contributed by atoms with Gasteiger partial charge in [-0.2, -0.15) is 5.10 Å². The minimum atomic E-state index is -1.04. The minimum absolute atomic E-state index is 0.0432. The van der Waals surface area contributed by atoms with Crippen LogP contribution < -0.4 is 9.47 Å². The fourth-order valence-electron chi connectivity index (χ4n) is 2.20. The molecule has 0 saturated carbocycles. The Morgan fingerprint density at radius 1 is 1.19 bits per heavy atom. The maximum Gasteiger partial charge on any atom is 0.165 e. The van der Waals surface area contributed by atoms with E-state index in [-0.39, 0.29) is 11.8 Å². The van der Waals surface area contributed by atoms with Crippen molar-refractivity contribution in [2.45, 2.75) is 26.0 Å². The fourth-order valence-corrected chi connectivity index (χ4v) is 2.20. The summed E-state index contributed by atoms with van der Waals surface area (Å²) in [5.74, 6) is 0.0753. The zero-order chi connectivity index (χ0) is 15.6. The second kappa shape index (κ2) is 6.13. The number of aromatic nitrogens is 2. The number of ether oxygens (including phenoxy) is 2. The molecule has 2 rings (SSSR count). The molecule has 2 aromatic rings. The van der Waals surface area contributed by atoms with Crippen LogP contribution >= 0.6 is 0 Å². The van der Waals surface area contributed by atoms with Gasteiger partial charge < -0.3 is 14.6 Å². The Balaban J connectivity index is 2.46. The topological polar surface area (TPSA) is 56.5 Å². The third-order valence-corrected chi connectivity index (χ3v) is 3.26. The lowest BCUT2D eigenvalue weighted by atomic mass is 10.1. The summed E-state index contributed by atoms with van der Waals surface area (Å²) >= 11 is 0. The molecule has 1 heterocycles. The van der Waals surface area contributed by atoms with Crippen LogP contribution in [-0.4, -0.2) is 29.1 Å². The molecule has 5 nitrogen and oxygen atoms in total. The fraction of sp³-hybridized carbons (Fsp3) is 0.400. The summed E-state index contributed by atoms with van der Waals surface area (Å²) in [7, 11) is 2.90. The van der Waals surface area contributed by atoms with E-state index >= 15 is 0 Å². The second-order valence-corrected chi connectivity index (χ2v) is 4.93. The predicted octanol–water partition coefficient (Wildman–Crippen LogP) is 2.70. The first kappa shape index (κ1) is 15.3. The number of halogens is 1. The van der Waals surface area contributed by atoms with Crippen LogP contribution in [0.5, 0.6) is 11.5 Å². The molecule has 1 N–H and O–H groups in total. The van der Waals surface area contributed by atoms with Gasteiger partial charge in [-0.3, -0.25) is 4.68 Å². The molecule has 114 valence electrons. The number of aliphatic hydroxyl groups excluding tert-OH is 1. The number of methoxy groups -OCH3 is 2. The van der Waals surface area contributed by atoms with Crippen molar-refractivity contribution in [1.82, 2.24) is 9.78 Å². The van der Waals surface area contributed by atoms with Crippen LogP contribution in [0.3, 0.4) is 0 Å². The normalized spacial score (nSPS) is 12.5. The van der Waals surface area contributed by atoms with E-state index in [1.165, 1.54) is 26.4 Å². The van der Waals surface area contributed by atoms with Crippen LogP contribution in [0.1, 0.15) is 37.3 Å². The highest BCUT2D eigenvalue weighted by atomic mass is 19.1. The van der Waals surface area contributed by atoms with Gasteiger partial charge in [-0.25, -0.2) is 4.39 Å². The van der Waals surface area contributed by atoms with Gasteiger partial charge in [0.25, 0.3) is 0 Å². The highest BCUT2D eigenvalue weighted by Crippen LogP contribution is 2.33. The first-order valence-electron chi connectivity index (χ1n) is 6.62. The quantitative estimate of drug-likeness (QED) is 0.921. The summed E-state index contributed by atoms with van der Waals surface area (Å²) < 4.78 is 25.6. The Morgan fingerprint density at radius 2 is 1.86 bits per heavy atom. The van der Waals surface area contributed by atoms with Crippen molar-refractivity contribution in [2.24, 2.45) is 0 Å². The molecule has 0 spiro atoms. The molecule has 0 aliphatic carbocycles. The van der Waals surface area contributed by atoms with Crippen LogP contribution in [0, 0.1) is 5.82 Å². The maximum absolute atomic E-state index is 13.8. The number of rotatable bonds is 5. The third kappa shape index (κ3) is 2.85. The lowest BCUT2D eigenvalue weighted by molar-refractivity contribution is 0.199. The summed E-state index contributed by atoms with van der Waals surface area (Å²) in [6, 6.07) is 4.39. The summed E-state index contributed by atoms with van der Waals surface area (Å²) in [6.45, 7) is 3.88. The number of hydrogen-bond donors (Lipinski definition) is 1. The van der Waals surface area contributed by atoms with Crippen LogP contribution in [-0.2, 0) is 0 Å². The summed E-state index contributed by atoms with van der Waals surface area (Å²) in [5.41, 5.74) is 0.908. The smallest absolute Gasteiger partial charge is 0.165 e. The van der Waals surface area contributed by atoms with Crippen molar-refractivity contribution in [1.29, 1.82) is 0 Å². The summed E-state index contributed by atoms with van der Waals surface area (Å²) in [5, 5.41) is 14.8. The molecule has 6 heteroatoms. The van der Waals surface area contributed by atoms with E-state index in [1.54, 1.807) is 16.9 Å². The Hall–Kier alpha value is -2.08. The van der Waals surface area contributed by atoms with E-state index in [9.17, 15) is 9.50 Å². The SMILES string of the molecule is COc1ccc(C(O)c2c(OC)cnn2C(C)C)cc1F. The van der Waals surface area contributed by atoms with Gasteiger partial charge in [0.1, 0.15) is 11.8 Å². The molecule has 1 unspecified atom stereocenters. The van der Waals surface area contributed by atoms with E-state index in [1.807, 2.05) is 13.8 Å². The molecule has 0 saturated heterocycles. The lowest BCUT2D eigenvalue weighted by Crippen LogP contribution is -2.13. The van der Waals surface area contributed by atoms with Crippen LogP contribution in [0.15, 0.2) is 24.4 Å². The summed E-state index contributed by atoms with van der Waals surface area (Å²) in [4.78, 5) is 0. The van der Waals surface area contributed by atoms with Gasteiger partial charge in [-0.05, 0) is 31.5 Å². The zero-order valence-corrected chi connectivity index (χ0v) is 12.5. The second-order valence-electron chi connectivity index (χ2n) is 4.93. The zero-order valence-electron chi connectivity index (χ0n) is 12.5. The molecule has 0 aliphatic rings. The highest BCUT2D eigenvalue weighted by molar-refractivity contribution is 5.38. The van der Waals surface area contributed by atoms with Gasteiger partial charge in [-0.15, -0.1) is 0 Å². The van der Waals surface area contributed by atoms with Crippen molar-refractivity contribution in [3.05, 3.63) is 41.5 Å². The first-order chi connectivity index (χ1) is 9.99. The van der Waals surface area contributed by atoms with Gasteiger partial charge in [0.2, 0.25) is 0 Å². The standard InChI is InChI=1S/C15H19FN2O3/c1-9(2)18-14(13(21-4)8-17-18)15(19)10-5-6-12(20-3)11(16)7-10/h5-9,15,19H,1-4H3.